The number of benzene rings is 2. The van der Waals surface area contributed by atoms with Gasteiger partial charge in [0.1, 0.15) is 5.75 Å². The number of hydrogen-bond acceptors (Lipinski definition) is 2. The van der Waals surface area contributed by atoms with Gasteiger partial charge in [0.2, 0.25) is 0 Å². The van der Waals surface area contributed by atoms with Gasteiger partial charge in [-0.25, -0.2) is 4.79 Å². The van der Waals surface area contributed by atoms with E-state index in [9.17, 15) is 4.79 Å². The van der Waals surface area contributed by atoms with Crippen LogP contribution in [-0.2, 0) is 6.42 Å². The molecule has 0 aliphatic heterocycles. The fourth-order valence-corrected chi connectivity index (χ4v) is 2.18. The molecule has 5 heteroatoms. The molecule has 2 rings (SSSR count). The minimum atomic E-state index is -0.190. The molecule has 0 spiro atoms. The predicted octanol–water partition coefficient (Wildman–Crippen LogP) is 3.66. The van der Waals surface area contributed by atoms with Gasteiger partial charge >= 0.3 is 6.03 Å². The number of halogens is 1. The largest absolute Gasteiger partial charge is 0.497 e. The van der Waals surface area contributed by atoms with E-state index >= 15 is 0 Å². The van der Waals surface area contributed by atoms with Crippen molar-refractivity contribution in [2.45, 2.75) is 6.42 Å². The molecule has 0 aliphatic rings. The maximum Gasteiger partial charge on any atom is 0.319 e. The van der Waals surface area contributed by atoms with Gasteiger partial charge in [0.25, 0.3) is 0 Å². The number of methoxy groups -OCH3 is 1. The maximum absolute atomic E-state index is 11.7. The lowest BCUT2D eigenvalue weighted by atomic mass is 10.1. The second-order valence-electron chi connectivity index (χ2n) is 4.49. The van der Waals surface area contributed by atoms with Crippen LogP contribution in [0.2, 0.25) is 0 Å². The zero-order chi connectivity index (χ0) is 15.1. The topological polar surface area (TPSA) is 50.4 Å². The van der Waals surface area contributed by atoms with Gasteiger partial charge in [0.05, 0.1) is 7.11 Å². The van der Waals surface area contributed by atoms with E-state index in [4.69, 9.17) is 4.74 Å². The summed E-state index contributed by atoms with van der Waals surface area (Å²) in [6.07, 6.45) is 0.782. The molecule has 110 valence electrons. The van der Waals surface area contributed by atoms with Gasteiger partial charge in [-0.15, -0.1) is 0 Å². The number of urea groups is 1. The molecule has 0 saturated carbocycles. The van der Waals surface area contributed by atoms with Gasteiger partial charge in [-0.05, 0) is 71.0 Å². The van der Waals surface area contributed by atoms with Crippen LogP contribution in [0, 0.1) is 3.57 Å². The predicted molar refractivity (Wildman–Crippen MR) is 92.9 cm³/mol. The minimum Gasteiger partial charge on any atom is -0.497 e. The molecule has 2 aromatic rings. The molecule has 2 N–H and O–H groups in total. The van der Waals surface area contributed by atoms with Crippen LogP contribution >= 0.6 is 22.6 Å². The first kappa shape index (κ1) is 15.6. The molecular weight excluding hydrogens is 379 g/mol. The Morgan fingerprint density at radius 3 is 2.38 bits per heavy atom. The zero-order valence-corrected chi connectivity index (χ0v) is 13.9. The first-order chi connectivity index (χ1) is 10.2. The van der Waals surface area contributed by atoms with Crippen molar-refractivity contribution in [1.82, 2.24) is 5.32 Å². The lowest BCUT2D eigenvalue weighted by molar-refractivity contribution is 0.252. The van der Waals surface area contributed by atoms with Crippen LogP contribution < -0.4 is 15.4 Å². The maximum atomic E-state index is 11.7. The lowest BCUT2D eigenvalue weighted by Gasteiger charge is -2.08. The SMILES string of the molecule is COc1ccc(CCNC(=O)Nc2ccc(I)cc2)cc1. The van der Waals surface area contributed by atoms with E-state index in [0.29, 0.717) is 6.54 Å². The molecule has 2 amide bonds. The van der Waals surface area contributed by atoms with E-state index < -0.39 is 0 Å². The Labute approximate surface area is 138 Å². The molecule has 0 aliphatic carbocycles. The van der Waals surface area contributed by atoms with E-state index in [0.717, 1.165) is 27.0 Å². The van der Waals surface area contributed by atoms with Crippen molar-refractivity contribution in [3.8, 4) is 5.75 Å². The normalized spacial score (nSPS) is 10.0. The Morgan fingerprint density at radius 1 is 1.10 bits per heavy atom. The molecule has 0 heterocycles. The summed E-state index contributed by atoms with van der Waals surface area (Å²) in [4.78, 5) is 11.7. The zero-order valence-electron chi connectivity index (χ0n) is 11.7. The summed E-state index contributed by atoms with van der Waals surface area (Å²) in [7, 11) is 1.64. The third kappa shape index (κ3) is 5.26. The lowest BCUT2D eigenvalue weighted by Crippen LogP contribution is -2.30. The van der Waals surface area contributed by atoms with Crippen molar-refractivity contribution in [3.63, 3.8) is 0 Å². The highest BCUT2D eigenvalue weighted by Crippen LogP contribution is 2.12. The number of carbonyl (C=O) groups is 1. The monoisotopic (exact) mass is 396 g/mol. The molecule has 0 unspecified atom stereocenters. The number of amides is 2. The summed E-state index contributed by atoms with van der Waals surface area (Å²) in [5.41, 5.74) is 1.95. The van der Waals surface area contributed by atoms with Crippen molar-refractivity contribution in [2.75, 3.05) is 19.0 Å². The van der Waals surface area contributed by atoms with E-state index in [1.807, 2.05) is 48.5 Å². The molecular formula is C16H17IN2O2. The fraction of sp³-hybridized carbons (Fsp3) is 0.188. The van der Waals surface area contributed by atoms with E-state index in [2.05, 4.69) is 33.2 Å². The molecule has 0 radical (unpaired) electrons. The number of ether oxygens (including phenoxy) is 1. The third-order valence-corrected chi connectivity index (χ3v) is 3.68. The van der Waals surface area contributed by atoms with Crippen LogP contribution in [0.5, 0.6) is 5.75 Å². The van der Waals surface area contributed by atoms with Crippen molar-refractivity contribution >= 4 is 34.3 Å². The summed E-state index contributed by atoms with van der Waals surface area (Å²) in [5.74, 6) is 0.836. The van der Waals surface area contributed by atoms with Gasteiger partial charge in [0.15, 0.2) is 0 Å². The Bertz CT molecular complexity index is 582. The van der Waals surface area contributed by atoms with Gasteiger partial charge in [-0.1, -0.05) is 12.1 Å². The molecule has 21 heavy (non-hydrogen) atoms. The quantitative estimate of drug-likeness (QED) is 0.758. The molecule has 0 fully saturated rings. The fourth-order valence-electron chi connectivity index (χ4n) is 1.82. The van der Waals surface area contributed by atoms with Crippen LogP contribution in [-0.4, -0.2) is 19.7 Å². The van der Waals surface area contributed by atoms with Crippen LogP contribution in [0.1, 0.15) is 5.56 Å². The average Bonchev–Trinajstić information content (AvgIpc) is 2.50. The Kier molecular flexibility index (Phi) is 5.86. The Morgan fingerprint density at radius 2 is 1.76 bits per heavy atom. The summed E-state index contributed by atoms with van der Waals surface area (Å²) >= 11 is 2.23. The van der Waals surface area contributed by atoms with Crippen LogP contribution in [0.3, 0.4) is 0 Å². The molecule has 0 bridgehead atoms. The Balaban J connectivity index is 1.74. The van der Waals surface area contributed by atoms with Crippen LogP contribution in [0.4, 0.5) is 10.5 Å². The number of hydrogen-bond donors (Lipinski definition) is 2. The van der Waals surface area contributed by atoms with Crippen molar-refractivity contribution < 1.29 is 9.53 Å². The molecule has 2 aromatic carbocycles. The van der Waals surface area contributed by atoms with E-state index in [1.165, 1.54) is 0 Å². The number of anilines is 1. The van der Waals surface area contributed by atoms with Gasteiger partial charge in [0, 0.05) is 15.8 Å². The number of nitrogens with one attached hydrogen (secondary N) is 2. The highest BCUT2D eigenvalue weighted by molar-refractivity contribution is 14.1. The molecule has 4 nitrogen and oxygen atoms in total. The summed E-state index contributed by atoms with van der Waals surface area (Å²) in [6.45, 7) is 0.586. The molecule has 0 atom stereocenters. The standard InChI is InChI=1S/C16H17IN2O2/c1-21-15-8-2-12(3-9-15)10-11-18-16(20)19-14-6-4-13(17)5-7-14/h2-9H,10-11H2,1H3,(H2,18,19,20). The Hall–Kier alpha value is -1.76. The second kappa shape index (κ2) is 7.87. The smallest absolute Gasteiger partial charge is 0.319 e. The summed E-state index contributed by atoms with van der Waals surface area (Å²) in [6, 6.07) is 15.3. The van der Waals surface area contributed by atoms with Gasteiger partial charge in [-0.3, -0.25) is 0 Å². The highest BCUT2D eigenvalue weighted by atomic mass is 127. The van der Waals surface area contributed by atoms with Gasteiger partial charge in [-0.2, -0.15) is 0 Å². The minimum absolute atomic E-state index is 0.190. The summed E-state index contributed by atoms with van der Waals surface area (Å²) in [5, 5.41) is 5.64. The van der Waals surface area contributed by atoms with E-state index in [1.54, 1.807) is 7.11 Å². The number of rotatable bonds is 5. The summed E-state index contributed by atoms with van der Waals surface area (Å²) < 4.78 is 6.24. The van der Waals surface area contributed by atoms with Gasteiger partial charge < -0.3 is 15.4 Å². The van der Waals surface area contributed by atoms with Crippen molar-refractivity contribution in [3.05, 3.63) is 57.7 Å². The van der Waals surface area contributed by atoms with Crippen molar-refractivity contribution in [2.24, 2.45) is 0 Å². The first-order valence-electron chi connectivity index (χ1n) is 6.61. The second-order valence-corrected chi connectivity index (χ2v) is 5.73. The van der Waals surface area contributed by atoms with E-state index in [-0.39, 0.29) is 6.03 Å². The molecule has 0 saturated heterocycles. The number of carbonyl (C=O) groups excluding carboxylic acids is 1. The van der Waals surface area contributed by atoms with Crippen molar-refractivity contribution in [1.29, 1.82) is 0 Å². The first-order valence-corrected chi connectivity index (χ1v) is 7.68. The van der Waals surface area contributed by atoms with Crippen LogP contribution in [0.25, 0.3) is 0 Å². The highest BCUT2D eigenvalue weighted by Gasteiger charge is 2.01. The average molecular weight is 396 g/mol. The third-order valence-electron chi connectivity index (χ3n) is 2.96. The molecule has 0 aromatic heterocycles. The van der Waals surface area contributed by atoms with Crippen LogP contribution in [0.15, 0.2) is 48.5 Å².